The van der Waals surface area contributed by atoms with Gasteiger partial charge in [0, 0.05) is 29.6 Å². The van der Waals surface area contributed by atoms with Gasteiger partial charge in [-0.15, -0.1) is 0 Å². The van der Waals surface area contributed by atoms with E-state index in [0.29, 0.717) is 36.0 Å². The van der Waals surface area contributed by atoms with Gasteiger partial charge in [0.1, 0.15) is 11.6 Å². The summed E-state index contributed by atoms with van der Waals surface area (Å²) in [5, 5.41) is 0.550. The first-order chi connectivity index (χ1) is 11.4. The van der Waals surface area contributed by atoms with Crippen LogP contribution in [0, 0.1) is 5.92 Å². The lowest BCUT2D eigenvalue weighted by Crippen LogP contribution is -2.27. The fraction of sp³-hybridized carbons (Fsp3) is 0.389. The molecule has 0 aliphatic heterocycles. The Morgan fingerprint density at radius 3 is 2.58 bits per heavy atom. The number of anilines is 1. The van der Waals surface area contributed by atoms with E-state index in [0.717, 1.165) is 11.1 Å². The molecule has 0 bridgehead atoms. The lowest BCUT2D eigenvalue weighted by molar-refractivity contribution is -0.0498. The molecule has 1 aliphatic carbocycles. The summed E-state index contributed by atoms with van der Waals surface area (Å²) in [7, 11) is 0. The summed E-state index contributed by atoms with van der Waals surface area (Å²) in [5.41, 5.74) is 7.36. The first-order valence-corrected chi connectivity index (χ1v) is 8.32. The van der Waals surface area contributed by atoms with Crippen LogP contribution in [0.2, 0.25) is 5.02 Å². The lowest BCUT2D eigenvalue weighted by Gasteiger charge is -2.28. The van der Waals surface area contributed by atoms with E-state index in [4.69, 9.17) is 22.1 Å². The van der Waals surface area contributed by atoms with Crippen LogP contribution in [0.4, 0.5) is 14.6 Å². The number of alkyl halides is 2. The summed E-state index contributed by atoms with van der Waals surface area (Å²) >= 11 is 6.17. The molecule has 128 valence electrons. The van der Waals surface area contributed by atoms with E-state index in [1.165, 1.54) is 0 Å². The molecule has 0 saturated heterocycles. The Bertz CT molecular complexity index is 697. The summed E-state index contributed by atoms with van der Waals surface area (Å²) in [5.74, 6) is -1.27. The van der Waals surface area contributed by atoms with Crippen LogP contribution in [-0.4, -0.2) is 17.5 Å². The molecule has 3 rings (SSSR count). The molecule has 0 atom stereocenters. The van der Waals surface area contributed by atoms with Crippen LogP contribution in [0.15, 0.2) is 36.5 Å². The average Bonchev–Trinajstić information content (AvgIpc) is 2.54. The number of nitrogens with zero attached hydrogens (tertiary/aromatic N) is 1. The van der Waals surface area contributed by atoms with Crippen LogP contribution in [0.3, 0.4) is 0 Å². The van der Waals surface area contributed by atoms with Crippen molar-refractivity contribution in [3.63, 3.8) is 0 Å². The topological polar surface area (TPSA) is 48.1 Å². The third kappa shape index (κ3) is 4.35. The molecule has 1 aromatic carbocycles. The van der Waals surface area contributed by atoms with Crippen LogP contribution in [0.5, 0.6) is 5.75 Å². The Labute approximate surface area is 144 Å². The van der Waals surface area contributed by atoms with Crippen molar-refractivity contribution in [2.75, 3.05) is 12.3 Å². The molecular formula is C18H19ClF2N2O. The minimum absolute atomic E-state index is 0.0566. The predicted octanol–water partition coefficient (Wildman–Crippen LogP) is 5.19. The van der Waals surface area contributed by atoms with Crippen molar-refractivity contribution in [1.82, 2.24) is 4.98 Å². The Balaban J connectivity index is 1.67. The fourth-order valence-corrected chi connectivity index (χ4v) is 3.09. The molecular weight excluding hydrogens is 334 g/mol. The van der Waals surface area contributed by atoms with Gasteiger partial charge in [-0.25, -0.2) is 13.8 Å². The number of nitrogens with two attached hydrogens (primary N) is 1. The molecule has 2 N–H and O–H groups in total. The van der Waals surface area contributed by atoms with Gasteiger partial charge in [0.15, 0.2) is 0 Å². The molecule has 6 heteroatoms. The van der Waals surface area contributed by atoms with Gasteiger partial charge in [0.05, 0.1) is 6.61 Å². The van der Waals surface area contributed by atoms with Gasteiger partial charge in [-0.1, -0.05) is 11.6 Å². The molecule has 1 fully saturated rings. The third-order valence-corrected chi connectivity index (χ3v) is 4.53. The smallest absolute Gasteiger partial charge is 0.248 e. The molecule has 0 amide bonds. The summed E-state index contributed by atoms with van der Waals surface area (Å²) in [6.07, 6.45) is 2.54. The standard InChI is InChI=1S/C18H19ClF2N2O/c19-15-7-14(13-1-2-17(22)23-10-13)8-16(9-15)24-11-12-3-5-18(20,21)6-4-12/h1-2,7-10,12H,3-6,11H2,(H2,22,23). The zero-order valence-electron chi connectivity index (χ0n) is 13.1. The van der Waals surface area contributed by atoms with Crippen molar-refractivity contribution in [2.24, 2.45) is 5.92 Å². The maximum Gasteiger partial charge on any atom is 0.248 e. The summed E-state index contributed by atoms with van der Waals surface area (Å²) in [6.45, 7) is 0.426. The summed E-state index contributed by atoms with van der Waals surface area (Å²) < 4.78 is 32.2. The van der Waals surface area contributed by atoms with Crippen LogP contribution in [0.1, 0.15) is 25.7 Å². The molecule has 0 unspecified atom stereocenters. The maximum atomic E-state index is 13.2. The van der Waals surface area contributed by atoms with Crippen molar-refractivity contribution in [1.29, 1.82) is 0 Å². The predicted molar refractivity (Wildman–Crippen MR) is 91.5 cm³/mol. The van der Waals surface area contributed by atoms with Crippen LogP contribution in [-0.2, 0) is 0 Å². The van der Waals surface area contributed by atoms with E-state index in [2.05, 4.69) is 4.98 Å². The van der Waals surface area contributed by atoms with Crippen LogP contribution in [0.25, 0.3) is 11.1 Å². The first kappa shape index (κ1) is 17.0. The van der Waals surface area contributed by atoms with Gasteiger partial charge < -0.3 is 10.5 Å². The molecule has 1 aromatic heterocycles. The summed E-state index contributed by atoms with van der Waals surface area (Å²) in [6, 6.07) is 9.01. The number of benzene rings is 1. The monoisotopic (exact) mass is 352 g/mol. The Kier molecular flexibility index (Phi) is 4.90. The van der Waals surface area contributed by atoms with E-state index in [1.54, 1.807) is 18.3 Å². The normalized spacial score (nSPS) is 17.6. The maximum absolute atomic E-state index is 13.2. The molecule has 3 nitrogen and oxygen atoms in total. The number of rotatable bonds is 4. The second-order valence-electron chi connectivity index (χ2n) is 6.26. The van der Waals surface area contributed by atoms with E-state index in [-0.39, 0.29) is 18.8 Å². The SMILES string of the molecule is Nc1ccc(-c2cc(Cl)cc(OCC3CCC(F)(F)CC3)c2)cn1. The highest BCUT2D eigenvalue weighted by Gasteiger charge is 2.35. The second-order valence-corrected chi connectivity index (χ2v) is 6.69. The molecule has 2 aromatic rings. The molecule has 1 saturated carbocycles. The highest BCUT2D eigenvalue weighted by Crippen LogP contribution is 2.36. The zero-order chi connectivity index (χ0) is 17.2. The third-order valence-electron chi connectivity index (χ3n) is 4.31. The zero-order valence-corrected chi connectivity index (χ0v) is 13.9. The molecule has 24 heavy (non-hydrogen) atoms. The number of aromatic nitrogens is 1. The minimum Gasteiger partial charge on any atom is -0.493 e. The number of ether oxygens (including phenoxy) is 1. The van der Waals surface area contributed by atoms with Gasteiger partial charge in [-0.3, -0.25) is 0 Å². The quantitative estimate of drug-likeness (QED) is 0.823. The molecule has 0 radical (unpaired) electrons. The number of halogens is 3. The average molecular weight is 353 g/mol. The van der Waals surface area contributed by atoms with E-state index in [1.807, 2.05) is 18.2 Å². The summed E-state index contributed by atoms with van der Waals surface area (Å²) in [4.78, 5) is 4.07. The fourth-order valence-electron chi connectivity index (χ4n) is 2.87. The minimum atomic E-state index is -2.51. The van der Waals surface area contributed by atoms with Crippen molar-refractivity contribution in [3.8, 4) is 16.9 Å². The first-order valence-electron chi connectivity index (χ1n) is 7.94. The van der Waals surface area contributed by atoms with Gasteiger partial charge in [0.25, 0.3) is 0 Å². The highest BCUT2D eigenvalue weighted by atomic mass is 35.5. The van der Waals surface area contributed by atoms with Crippen LogP contribution >= 0.6 is 11.6 Å². The number of nitrogen functional groups attached to an aromatic ring is 1. The second kappa shape index (κ2) is 6.93. The lowest BCUT2D eigenvalue weighted by atomic mass is 9.87. The van der Waals surface area contributed by atoms with Gasteiger partial charge in [0.2, 0.25) is 5.92 Å². The van der Waals surface area contributed by atoms with Gasteiger partial charge >= 0.3 is 0 Å². The van der Waals surface area contributed by atoms with Crippen molar-refractivity contribution in [3.05, 3.63) is 41.6 Å². The molecule has 1 aliphatic rings. The van der Waals surface area contributed by atoms with E-state index < -0.39 is 5.92 Å². The Morgan fingerprint density at radius 1 is 1.17 bits per heavy atom. The van der Waals surface area contributed by atoms with Gasteiger partial charge in [-0.05, 0) is 54.7 Å². The Morgan fingerprint density at radius 2 is 1.92 bits per heavy atom. The highest BCUT2D eigenvalue weighted by molar-refractivity contribution is 6.31. The number of hydrogen-bond acceptors (Lipinski definition) is 3. The molecule has 1 heterocycles. The largest absolute Gasteiger partial charge is 0.493 e. The number of hydrogen-bond donors (Lipinski definition) is 1. The van der Waals surface area contributed by atoms with E-state index in [9.17, 15) is 8.78 Å². The Hall–Kier alpha value is -1.88. The van der Waals surface area contributed by atoms with Crippen molar-refractivity contribution >= 4 is 17.4 Å². The molecule has 0 spiro atoms. The van der Waals surface area contributed by atoms with Crippen molar-refractivity contribution in [2.45, 2.75) is 31.6 Å². The van der Waals surface area contributed by atoms with Crippen LogP contribution < -0.4 is 10.5 Å². The van der Waals surface area contributed by atoms with Crippen molar-refractivity contribution < 1.29 is 13.5 Å². The van der Waals surface area contributed by atoms with E-state index >= 15 is 0 Å². The van der Waals surface area contributed by atoms with Gasteiger partial charge in [-0.2, -0.15) is 0 Å². The number of pyridine rings is 1.